The van der Waals surface area contributed by atoms with Crippen LogP contribution in [0.5, 0.6) is 11.5 Å². The molecule has 1 aliphatic rings. The normalized spacial score (nSPS) is 18.8. The number of benzene rings is 3. The van der Waals surface area contributed by atoms with Crippen molar-refractivity contribution in [1.29, 1.82) is 0 Å². The van der Waals surface area contributed by atoms with Crippen LogP contribution in [-0.2, 0) is 25.5 Å². The number of esters is 1. The highest BCUT2D eigenvalue weighted by Gasteiger charge is 2.78. The number of hydrogen-bond acceptors (Lipinski definition) is 5. The molecule has 0 bridgehead atoms. The minimum absolute atomic E-state index is 0.331. The molecule has 1 saturated heterocycles. The largest absolute Gasteiger partial charge is 0.497 e. The van der Waals surface area contributed by atoms with E-state index in [1.807, 2.05) is 85.8 Å². The van der Waals surface area contributed by atoms with E-state index in [2.05, 4.69) is 0 Å². The number of rotatable bonds is 8. The zero-order chi connectivity index (χ0) is 21.9. The van der Waals surface area contributed by atoms with E-state index < -0.39 is 17.2 Å². The van der Waals surface area contributed by atoms with Gasteiger partial charge in [-0.15, -0.1) is 0 Å². The minimum atomic E-state index is -1.29. The molecule has 0 aromatic heterocycles. The molecule has 0 amide bonds. The number of hydrogen-bond donors (Lipinski definition) is 0. The van der Waals surface area contributed by atoms with Gasteiger partial charge in [-0.05, 0) is 47.4 Å². The van der Waals surface area contributed by atoms with Gasteiger partial charge in [0.15, 0.2) is 5.60 Å². The van der Waals surface area contributed by atoms with Gasteiger partial charge in [-0.3, -0.25) is 0 Å². The van der Waals surface area contributed by atoms with Crippen molar-refractivity contribution in [1.82, 2.24) is 0 Å². The molecular formula is C26H26O5. The maximum Gasteiger partial charge on any atom is 0.347 e. The third-order valence-corrected chi connectivity index (χ3v) is 5.66. The molecule has 31 heavy (non-hydrogen) atoms. The maximum atomic E-state index is 13.5. The highest BCUT2D eigenvalue weighted by molar-refractivity contribution is 5.89. The molecule has 0 aliphatic carbocycles. The molecule has 1 aliphatic heterocycles. The molecule has 1 unspecified atom stereocenters. The lowest BCUT2D eigenvalue weighted by Gasteiger charge is -2.21. The third-order valence-electron chi connectivity index (χ3n) is 5.66. The zero-order valence-corrected chi connectivity index (χ0v) is 18.0. The molecule has 0 spiro atoms. The Morgan fingerprint density at radius 2 is 1.29 bits per heavy atom. The summed E-state index contributed by atoms with van der Waals surface area (Å²) < 4.78 is 22.8. The maximum absolute atomic E-state index is 13.5. The van der Waals surface area contributed by atoms with Crippen LogP contribution in [0.25, 0.3) is 0 Å². The average molecular weight is 418 g/mol. The lowest BCUT2D eigenvalue weighted by molar-refractivity contribution is -0.150. The summed E-state index contributed by atoms with van der Waals surface area (Å²) in [5.74, 6) is 1.06. The predicted octanol–water partition coefficient (Wildman–Crippen LogP) is 4.83. The monoisotopic (exact) mass is 418 g/mol. The Balaban J connectivity index is 1.91. The Kier molecular flexibility index (Phi) is 5.70. The highest BCUT2D eigenvalue weighted by atomic mass is 16.7. The number of carbonyl (C=O) groups is 1. The Bertz CT molecular complexity index is 980. The lowest BCUT2D eigenvalue weighted by atomic mass is 9.77. The standard InChI is InChI=1S/C26H26O5/c1-4-18-30-24(27)26(19-8-6-5-7-9-19)25(31-26,20-10-14-22(28-2)15-11-20)21-12-16-23(29-3)17-13-21/h5-17H,4,18H2,1-3H3. The Morgan fingerprint density at radius 1 is 0.774 bits per heavy atom. The van der Waals surface area contributed by atoms with Gasteiger partial charge < -0.3 is 18.9 Å². The molecule has 0 radical (unpaired) electrons. The summed E-state index contributed by atoms with van der Waals surface area (Å²) in [6.45, 7) is 2.30. The summed E-state index contributed by atoms with van der Waals surface area (Å²) in [6.07, 6.45) is 0.731. The second-order valence-electron chi connectivity index (χ2n) is 7.42. The van der Waals surface area contributed by atoms with Crippen LogP contribution >= 0.6 is 0 Å². The minimum Gasteiger partial charge on any atom is -0.497 e. The van der Waals surface area contributed by atoms with Crippen molar-refractivity contribution in [2.75, 3.05) is 20.8 Å². The third kappa shape index (κ3) is 3.35. The molecule has 1 fully saturated rings. The SMILES string of the molecule is CCCOC(=O)C1(c2ccccc2)OC1(c1ccc(OC)cc1)c1ccc(OC)cc1. The van der Waals surface area contributed by atoms with Gasteiger partial charge in [-0.2, -0.15) is 0 Å². The van der Waals surface area contributed by atoms with Crippen molar-refractivity contribution < 1.29 is 23.7 Å². The zero-order valence-electron chi connectivity index (χ0n) is 18.0. The van der Waals surface area contributed by atoms with Gasteiger partial charge in [0.2, 0.25) is 5.60 Å². The fourth-order valence-electron chi connectivity index (χ4n) is 4.08. The fraction of sp³-hybridized carbons (Fsp3) is 0.269. The van der Waals surface area contributed by atoms with E-state index >= 15 is 0 Å². The Morgan fingerprint density at radius 3 is 1.74 bits per heavy atom. The van der Waals surface area contributed by atoms with Crippen molar-refractivity contribution in [3.63, 3.8) is 0 Å². The van der Waals surface area contributed by atoms with Crippen LogP contribution in [-0.4, -0.2) is 26.8 Å². The number of epoxide rings is 1. The van der Waals surface area contributed by atoms with Crippen LogP contribution in [0.4, 0.5) is 0 Å². The van der Waals surface area contributed by atoms with Crippen molar-refractivity contribution in [3.8, 4) is 11.5 Å². The van der Waals surface area contributed by atoms with E-state index in [-0.39, 0.29) is 0 Å². The van der Waals surface area contributed by atoms with E-state index in [9.17, 15) is 4.79 Å². The first-order valence-corrected chi connectivity index (χ1v) is 10.3. The van der Waals surface area contributed by atoms with Crippen LogP contribution < -0.4 is 9.47 Å². The van der Waals surface area contributed by atoms with Gasteiger partial charge in [-0.1, -0.05) is 61.5 Å². The van der Waals surface area contributed by atoms with Gasteiger partial charge in [-0.25, -0.2) is 4.79 Å². The van der Waals surface area contributed by atoms with Crippen LogP contribution in [0.3, 0.4) is 0 Å². The molecule has 1 heterocycles. The molecule has 3 aromatic carbocycles. The summed E-state index contributed by atoms with van der Waals surface area (Å²) in [5.41, 5.74) is 0.124. The fourth-order valence-corrected chi connectivity index (χ4v) is 4.08. The Labute approximate surface area is 182 Å². The van der Waals surface area contributed by atoms with Crippen LogP contribution in [0.1, 0.15) is 30.0 Å². The summed E-state index contributed by atoms with van der Waals surface area (Å²) in [5, 5.41) is 0. The molecule has 5 heteroatoms. The summed E-state index contributed by atoms with van der Waals surface area (Å²) >= 11 is 0. The van der Waals surface area contributed by atoms with E-state index in [1.54, 1.807) is 14.2 Å². The van der Waals surface area contributed by atoms with Gasteiger partial charge in [0.1, 0.15) is 11.5 Å². The average Bonchev–Trinajstić information content (AvgIpc) is 3.56. The molecule has 5 nitrogen and oxygen atoms in total. The molecule has 0 N–H and O–H groups in total. The molecule has 0 saturated carbocycles. The first-order valence-electron chi connectivity index (χ1n) is 10.3. The van der Waals surface area contributed by atoms with E-state index in [0.717, 1.165) is 34.6 Å². The van der Waals surface area contributed by atoms with Crippen LogP contribution in [0.15, 0.2) is 78.9 Å². The van der Waals surface area contributed by atoms with E-state index in [1.165, 1.54) is 0 Å². The first-order chi connectivity index (χ1) is 15.1. The topological polar surface area (TPSA) is 57.3 Å². The predicted molar refractivity (Wildman–Crippen MR) is 117 cm³/mol. The van der Waals surface area contributed by atoms with Crippen molar-refractivity contribution in [3.05, 3.63) is 95.6 Å². The van der Waals surface area contributed by atoms with Gasteiger partial charge in [0.25, 0.3) is 0 Å². The van der Waals surface area contributed by atoms with Crippen LogP contribution in [0, 0.1) is 0 Å². The lowest BCUT2D eigenvalue weighted by Crippen LogP contribution is -2.33. The summed E-state index contributed by atoms with van der Waals surface area (Å²) in [4.78, 5) is 13.5. The van der Waals surface area contributed by atoms with Crippen LogP contribution in [0.2, 0.25) is 0 Å². The second-order valence-corrected chi connectivity index (χ2v) is 7.42. The van der Waals surface area contributed by atoms with Crippen molar-refractivity contribution in [2.45, 2.75) is 24.5 Å². The summed E-state index contributed by atoms with van der Waals surface area (Å²) in [6, 6.07) is 24.7. The highest BCUT2D eigenvalue weighted by Crippen LogP contribution is 2.66. The van der Waals surface area contributed by atoms with Crippen molar-refractivity contribution >= 4 is 5.97 Å². The number of methoxy groups -OCH3 is 2. The number of carbonyl (C=O) groups excluding carboxylic acids is 1. The smallest absolute Gasteiger partial charge is 0.347 e. The van der Waals surface area contributed by atoms with E-state index in [4.69, 9.17) is 18.9 Å². The summed E-state index contributed by atoms with van der Waals surface area (Å²) in [7, 11) is 3.25. The van der Waals surface area contributed by atoms with Gasteiger partial charge in [0.05, 0.1) is 20.8 Å². The molecule has 1 atom stereocenters. The van der Waals surface area contributed by atoms with Gasteiger partial charge in [0, 0.05) is 0 Å². The Hall–Kier alpha value is -3.31. The molecule has 3 aromatic rings. The van der Waals surface area contributed by atoms with E-state index in [0.29, 0.717) is 6.61 Å². The second kappa shape index (κ2) is 8.44. The first kappa shape index (κ1) is 20.9. The number of ether oxygens (including phenoxy) is 4. The molecule has 160 valence electrons. The van der Waals surface area contributed by atoms with Crippen molar-refractivity contribution in [2.24, 2.45) is 0 Å². The molecular weight excluding hydrogens is 392 g/mol. The van der Waals surface area contributed by atoms with Gasteiger partial charge >= 0.3 is 5.97 Å². The molecule has 4 rings (SSSR count). The quantitative estimate of drug-likeness (QED) is 0.388.